The summed E-state index contributed by atoms with van der Waals surface area (Å²) >= 11 is 0. The lowest BCUT2D eigenvalue weighted by molar-refractivity contribution is -0.144. The van der Waals surface area contributed by atoms with Gasteiger partial charge in [0.25, 0.3) is 11.6 Å². The Balaban J connectivity index is 1.86. The molecule has 0 radical (unpaired) electrons. The molecule has 2 aromatic heterocycles. The Kier molecular flexibility index (Phi) is 5.83. The summed E-state index contributed by atoms with van der Waals surface area (Å²) in [7, 11) is 0. The maximum atomic E-state index is 12.9. The number of hydrogen-bond acceptors (Lipinski definition) is 4. The molecule has 0 aliphatic rings. The molecule has 6 nitrogen and oxygen atoms in total. The molecule has 1 amide bonds. The predicted molar refractivity (Wildman–Crippen MR) is 108 cm³/mol. The maximum Gasteiger partial charge on any atom is 0.453 e. The average Bonchev–Trinajstić information content (AvgIpc) is 3.06. The molecule has 3 aromatic rings. The van der Waals surface area contributed by atoms with Crippen LogP contribution < -0.4 is 4.90 Å². The van der Waals surface area contributed by atoms with E-state index in [0.717, 1.165) is 21.3 Å². The van der Waals surface area contributed by atoms with Crippen LogP contribution in [0.15, 0.2) is 18.2 Å². The smallest absolute Gasteiger partial charge is 0.313 e. The van der Waals surface area contributed by atoms with Crippen molar-refractivity contribution in [3.05, 3.63) is 52.1 Å². The molecule has 0 bridgehead atoms. The highest BCUT2D eigenvalue weighted by molar-refractivity contribution is 5.93. The van der Waals surface area contributed by atoms with Gasteiger partial charge in [0.1, 0.15) is 0 Å². The summed E-state index contributed by atoms with van der Waals surface area (Å²) in [5.41, 5.74) is 4.73. The van der Waals surface area contributed by atoms with E-state index < -0.39 is 12.0 Å². The molecule has 30 heavy (non-hydrogen) atoms. The van der Waals surface area contributed by atoms with Gasteiger partial charge in [-0.1, -0.05) is 6.07 Å². The summed E-state index contributed by atoms with van der Waals surface area (Å²) < 4.78 is 39.9. The number of alkyl halides is 3. The lowest BCUT2D eigenvalue weighted by Crippen LogP contribution is -2.31. The lowest BCUT2D eigenvalue weighted by atomic mass is 10.1. The van der Waals surface area contributed by atoms with Crippen molar-refractivity contribution >= 4 is 17.4 Å². The molecule has 0 spiro atoms. The minimum atomic E-state index is -4.64. The van der Waals surface area contributed by atoms with Crippen LogP contribution in [0.3, 0.4) is 0 Å². The fraction of sp³-hybridized carbons (Fsp3) is 0.429. The van der Waals surface area contributed by atoms with Crippen LogP contribution in [0.25, 0.3) is 5.78 Å². The van der Waals surface area contributed by atoms with Gasteiger partial charge in [-0.15, -0.1) is 5.10 Å². The first kappa shape index (κ1) is 21.7. The summed E-state index contributed by atoms with van der Waals surface area (Å²) in [6, 6.07) is 5.97. The highest BCUT2D eigenvalue weighted by atomic mass is 19.4. The largest absolute Gasteiger partial charge is 0.453 e. The van der Waals surface area contributed by atoms with Gasteiger partial charge in [0, 0.05) is 30.0 Å². The fourth-order valence-corrected chi connectivity index (χ4v) is 3.67. The highest BCUT2D eigenvalue weighted by Gasteiger charge is 2.37. The average molecular weight is 419 g/mol. The molecule has 0 saturated carbocycles. The number of aromatic nitrogens is 4. The topological polar surface area (TPSA) is 63.4 Å². The summed E-state index contributed by atoms with van der Waals surface area (Å²) in [5, 5.41) is 3.55. The molecule has 0 fully saturated rings. The van der Waals surface area contributed by atoms with E-state index in [1.165, 1.54) is 0 Å². The van der Waals surface area contributed by atoms with E-state index >= 15 is 0 Å². The quantitative estimate of drug-likeness (QED) is 0.616. The molecule has 160 valence electrons. The van der Waals surface area contributed by atoms with Crippen molar-refractivity contribution in [2.24, 2.45) is 0 Å². The molecule has 0 atom stereocenters. The van der Waals surface area contributed by atoms with Gasteiger partial charge in [-0.25, -0.2) is 9.50 Å². The lowest BCUT2D eigenvalue weighted by Gasteiger charge is -2.22. The minimum Gasteiger partial charge on any atom is -0.313 e. The molecule has 0 aliphatic heterocycles. The Hall–Kier alpha value is -2.97. The van der Waals surface area contributed by atoms with Gasteiger partial charge in [-0.05, 0) is 69.9 Å². The standard InChI is InChI=1S/C21H24F3N5O/c1-6-28(16-10-12(2)9-13(3)11-16)18(30)8-7-17-14(4)25-20-26-19(21(22,23)24)27-29(20)15(17)5/h9-11H,6-8H2,1-5H3. The van der Waals surface area contributed by atoms with Gasteiger partial charge >= 0.3 is 6.18 Å². The van der Waals surface area contributed by atoms with Crippen LogP contribution in [0.1, 0.15) is 47.2 Å². The van der Waals surface area contributed by atoms with Gasteiger partial charge in [-0.2, -0.15) is 18.2 Å². The summed E-state index contributed by atoms with van der Waals surface area (Å²) in [6.07, 6.45) is -4.09. The van der Waals surface area contributed by atoms with Crippen LogP contribution in [0.5, 0.6) is 0 Å². The molecule has 0 N–H and O–H groups in total. The number of hydrogen-bond donors (Lipinski definition) is 0. The molecular formula is C21H24F3N5O. The third-order valence-electron chi connectivity index (χ3n) is 5.03. The number of rotatable bonds is 5. The van der Waals surface area contributed by atoms with Crippen molar-refractivity contribution in [2.75, 3.05) is 11.4 Å². The van der Waals surface area contributed by atoms with E-state index in [9.17, 15) is 18.0 Å². The van der Waals surface area contributed by atoms with Gasteiger partial charge in [0.2, 0.25) is 5.91 Å². The van der Waals surface area contributed by atoms with Crippen molar-refractivity contribution in [3.63, 3.8) is 0 Å². The summed E-state index contributed by atoms with van der Waals surface area (Å²) in [5.74, 6) is -1.38. The minimum absolute atomic E-state index is 0.0593. The second kappa shape index (κ2) is 8.04. The Labute approximate surface area is 172 Å². The Bertz CT molecular complexity index is 1080. The molecule has 0 unspecified atom stereocenters. The van der Waals surface area contributed by atoms with Crippen molar-refractivity contribution < 1.29 is 18.0 Å². The summed E-state index contributed by atoms with van der Waals surface area (Å²) in [4.78, 5) is 22.3. The molecule has 2 heterocycles. The predicted octanol–water partition coefficient (Wildman–Crippen LogP) is 4.36. The Morgan fingerprint density at radius 2 is 1.70 bits per heavy atom. The van der Waals surface area contributed by atoms with Crippen molar-refractivity contribution in [1.29, 1.82) is 0 Å². The van der Waals surface area contributed by atoms with Crippen LogP contribution in [0.2, 0.25) is 0 Å². The Morgan fingerprint density at radius 3 is 2.27 bits per heavy atom. The van der Waals surface area contributed by atoms with Gasteiger partial charge in [0.15, 0.2) is 0 Å². The monoisotopic (exact) mass is 419 g/mol. The number of fused-ring (bicyclic) bond motifs is 1. The number of nitrogens with zero attached hydrogens (tertiary/aromatic N) is 5. The fourth-order valence-electron chi connectivity index (χ4n) is 3.67. The number of benzene rings is 1. The number of amides is 1. The van der Waals surface area contributed by atoms with Crippen molar-refractivity contribution in [3.8, 4) is 0 Å². The van der Waals surface area contributed by atoms with Crippen LogP contribution in [-0.4, -0.2) is 32.0 Å². The van der Waals surface area contributed by atoms with E-state index in [4.69, 9.17) is 0 Å². The number of anilines is 1. The molecule has 3 rings (SSSR count). The molecule has 0 aliphatic carbocycles. The third-order valence-corrected chi connectivity index (χ3v) is 5.03. The van der Waals surface area contributed by atoms with Crippen LogP contribution in [-0.2, 0) is 17.4 Å². The molecule has 9 heteroatoms. The summed E-state index contributed by atoms with van der Waals surface area (Å²) in [6.45, 7) is 9.77. The van der Waals surface area contributed by atoms with E-state index in [1.807, 2.05) is 39.0 Å². The van der Waals surface area contributed by atoms with Crippen molar-refractivity contribution in [1.82, 2.24) is 19.6 Å². The van der Waals surface area contributed by atoms with Crippen LogP contribution in [0.4, 0.5) is 18.9 Å². The molecular weight excluding hydrogens is 395 g/mol. The number of aryl methyl sites for hydroxylation is 4. The van der Waals surface area contributed by atoms with Gasteiger partial charge in [0.05, 0.1) is 0 Å². The first-order valence-electron chi connectivity index (χ1n) is 9.70. The van der Waals surface area contributed by atoms with E-state index in [-0.39, 0.29) is 18.1 Å². The van der Waals surface area contributed by atoms with E-state index in [0.29, 0.717) is 29.9 Å². The van der Waals surface area contributed by atoms with Gasteiger partial charge < -0.3 is 4.90 Å². The maximum absolute atomic E-state index is 12.9. The number of carbonyl (C=O) groups excluding carboxylic acids is 1. The zero-order chi connectivity index (χ0) is 22.2. The molecule has 0 saturated heterocycles. The number of carbonyl (C=O) groups is 1. The van der Waals surface area contributed by atoms with Crippen molar-refractivity contribution in [2.45, 2.75) is 53.6 Å². The number of halogens is 3. The normalized spacial score (nSPS) is 11.9. The zero-order valence-corrected chi connectivity index (χ0v) is 17.6. The van der Waals surface area contributed by atoms with E-state index in [2.05, 4.69) is 15.1 Å². The second-order valence-electron chi connectivity index (χ2n) is 7.39. The van der Waals surface area contributed by atoms with E-state index in [1.54, 1.807) is 18.7 Å². The first-order chi connectivity index (χ1) is 14.0. The Morgan fingerprint density at radius 1 is 1.07 bits per heavy atom. The second-order valence-corrected chi connectivity index (χ2v) is 7.39. The van der Waals surface area contributed by atoms with Crippen LogP contribution >= 0.6 is 0 Å². The van der Waals surface area contributed by atoms with Gasteiger partial charge in [-0.3, -0.25) is 4.79 Å². The molecule has 1 aromatic carbocycles. The zero-order valence-electron chi connectivity index (χ0n) is 17.6. The highest BCUT2D eigenvalue weighted by Crippen LogP contribution is 2.27. The van der Waals surface area contributed by atoms with Crippen LogP contribution in [0, 0.1) is 27.7 Å². The third kappa shape index (κ3) is 4.29. The SMILES string of the molecule is CCN(C(=O)CCc1c(C)nc2nc(C(F)(F)F)nn2c1C)c1cc(C)cc(C)c1. The first-order valence-corrected chi connectivity index (χ1v) is 9.70.